The first-order valence-corrected chi connectivity index (χ1v) is 14.2. The second kappa shape index (κ2) is 12.5. The molecular formula is C35H37NO5. The second-order valence-corrected chi connectivity index (χ2v) is 11.1. The molecule has 1 aliphatic carbocycles. The molecule has 1 N–H and O–H groups in total. The summed E-state index contributed by atoms with van der Waals surface area (Å²) < 4.78 is 17.4. The fourth-order valence-corrected chi connectivity index (χ4v) is 5.64. The fourth-order valence-electron chi connectivity index (χ4n) is 5.64. The molecule has 0 amide bonds. The molecule has 3 aromatic carbocycles. The molecule has 0 bridgehead atoms. The van der Waals surface area contributed by atoms with Crippen molar-refractivity contribution in [2.75, 3.05) is 13.7 Å². The molecule has 0 spiro atoms. The third-order valence-electron chi connectivity index (χ3n) is 7.65. The van der Waals surface area contributed by atoms with Crippen LogP contribution in [0.15, 0.2) is 101 Å². The zero-order valence-corrected chi connectivity index (χ0v) is 24.1. The Kier molecular flexibility index (Phi) is 8.58. The van der Waals surface area contributed by atoms with Crippen LogP contribution in [0.25, 0.3) is 0 Å². The van der Waals surface area contributed by atoms with Crippen molar-refractivity contribution in [2.45, 2.75) is 52.1 Å². The van der Waals surface area contributed by atoms with Crippen LogP contribution in [0.1, 0.15) is 62.1 Å². The van der Waals surface area contributed by atoms with Gasteiger partial charge in [-0.3, -0.25) is 4.79 Å². The van der Waals surface area contributed by atoms with E-state index in [1.807, 2.05) is 99.6 Å². The van der Waals surface area contributed by atoms with E-state index in [0.29, 0.717) is 48.6 Å². The molecule has 0 aromatic heterocycles. The van der Waals surface area contributed by atoms with Gasteiger partial charge < -0.3 is 19.5 Å². The molecule has 0 saturated carbocycles. The number of ether oxygens (including phenoxy) is 3. The van der Waals surface area contributed by atoms with Gasteiger partial charge in [0.15, 0.2) is 5.78 Å². The van der Waals surface area contributed by atoms with Crippen molar-refractivity contribution in [3.63, 3.8) is 0 Å². The van der Waals surface area contributed by atoms with Gasteiger partial charge in [-0.05, 0) is 54.5 Å². The molecule has 2 aliphatic rings. The Morgan fingerprint density at radius 1 is 0.951 bits per heavy atom. The van der Waals surface area contributed by atoms with Crippen molar-refractivity contribution in [3.05, 3.63) is 118 Å². The normalized spacial score (nSPS) is 18.6. The van der Waals surface area contributed by atoms with E-state index in [1.54, 1.807) is 7.11 Å². The summed E-state index contributed by atoms with van der Waals surface area (Å²) in [5, 5.41) is 3.44. The lowest BCUT2D eigenvalue weighted by atomic mass is 9.71. The molecule has 41 heavy (non-hydrogen) atoms. The Morgan fingerprint density at radius 3 is 2.37 bits per heavy atom. The molecule has 3 aromatic rings. The Labute approximate surface area is 242 Å². The molecule has 6 nitrogen and oxygen atoms in total. The third kappa shape index (κ3) is 6.22. The number of rotatable bonds is 9. The van der Waals surface area contributed by atoms with Crippen LogP contribution in [0.2, 0.25) is 0 Å². The number of nitrogens with one attached hydrogen (secondary N) is 1. The number of benzene rings is 3. The predicted octanol–water partition coefficient (Wildman–Crippen LogP) is 6.84. The number of hydrogen-bond donors (Lipinski definition) is 1. The largest absolute Gasteiger partial charge is 0.497 e. The van der Waals surface area contributed by atoms with Crippen molar-refractivity contribution in [1.29, 1.82) is 0 Å². The number of carbonyl (C=O) groups is 2. The number of hydrogen-bond acceptors (Lipinski definition) is 6. The first-order chi connectivity index (χ1) is 19.9. The highest BCUT2D eigenvalue weighted by Gasteiger charge is 2.42. The zero-order chi connectivity index (χ0) is 28.9. The highest BCUT2D eigenvalue weighted by atomic mass is 16.5. The van der Waals surface area contributed by atoms with E-state index < -0.39 is 11.9 Å². The monoisotopic (exact) mass is 551 g/mol. The van der Waals surface area contributed by atoms with Crippen molar-refractivity contribution >= 4 is 11.8 Å². The maximum Gasteiger partial charge on any atom is 0.336 e. The summed E-state index contributed by atoms with van der Waals surface area (Å²) >= 11 is 0. The number of allylic oxidation sites excluding steroid dienone is 3. The van der Waals surface area contributed by atoms with Gasteiger partial charge in [-0.15, -0.1) is 0 Å². The maximum absolute atomic E-state index is 14.0. The standard InChI is InChI=1S/C35H37NO5/c1-22(2)20-41-35(38)32-23(3)36-29-18-26(25-14-16-27(39-4)17-15-25)19-30(37)34(29)33(32)28-12-8-9-13-31(28)40-21-24-10-6-5-7-11-24/h5-17,22,26,33,36H,18-21H2,1-4H3. The Hall–Kier alpha value is -4.32. The number of carbonyl (C=O) groups excluding carboxylic acids is 2. The van der Waals surface area contributed by atoms with E-state index in [2.05, 4.69) is 5.32 Å². The Morgan fingerprint density at radius 2 is 1.66 bits per heavy atom. The number of esters is 1. The van der Waals surface area contributed by atoms with Gasteiger partial charge in [-0.2, -0.15) is 0 Å². The number of dihydropyridines is 1. The van der Waals surface area contributed by atoms with E-state index >= 15 is 0 Å². The van der Waals surface area contributed by atoms with Crippen LogP contribution in [0, 0.1) is 5.92 Å². The minimum atomic E-state index is -0.595. The summed E-state index contributed by atoms with van der Waals surface area (Å²) in [4.78, 5) is 27.6. The van der Waals surface area contributed by atoms with Crippen LogP contribution < -0.4 is 14.8 Å². The van der Waals surface area contributed by atoms with Gasteiger partial charge >= 0.3 is 5.97 Å². The number of Topliss-reactive ketones (excluding diaryl/α,β-unsaturated/α-hetero) is 1. The van der Waals surface area contributed by atoms with Gasteiger partial charge in [0.25, 0.3) is 0 Å². The van der Waals surface area contributed by atoms with Crippen LogP contribution in [0.3, 0.4) is 0 Å². The first-order valence-electron chi connectivity index (χ1n) is 14.2. The third-order valence-corrected chi connectivity index (χ3v) is 7.65. The van der Waals surface area contributed by atoms with Crippen molar-refractivity contribution < 1.29 is 23.8 Å². The maximum atomic E-state index is 14.0. The molecular weight excluding hydrogens is 514 g/mol. The minimum Gasteiger partial charge on any atom is -0.497 e. The van der Waals surface area contributed by atoms with Crippen molar-refractivity contribution in [3.8, 4) is 11.5 Å². The molecule has 0 saturated heterocycles. The topological polar surface area (TPSA) is 73.9 Å². The van der Waals surface area contributed by atoms with E-state index in [0.717, 1.165) is 28.1 Å². The van der Waals surface area contributed by atoms with Gasteiger partial charge in [-0.25, -0.2) is 4.79 Å². The summed E-state index contributed by atoms with van der Waals surface area (Å²) in [5.74, 6) is 0.638. The average Bonchev–Trinajstić information content (AvgIpc) is 2.98. The van der Waals surface area contributed by atoms with Gasteiger partial charge in [0.2, 0.25) is 0 Å². The lowest BCUT2D eigenvalue weighted by Gasteiger charge is -2.37. The van der Waals surface area contributed by atoms with Crippen LogP contribution >= 0.6 is 0 Å². The van der Waals surface area contributed by atoms with Crippen molar-refractivity contribution in [2.24, 2.45) is 5.92 Å². The van der Waals surface area contributed by atoms with Crippen LogP contribution in [-0.4, -0.2) is 25.5 Å². The highest BCUT2D eigenvalue weighted by molar-refractivity contribution is 6.04. The zero-order valence-electron chi connectivity index (χ0n) is 24.1. The molecule has 0 radical (unpaired) electrons. The Balaban J connectivity index is 1.55. The molecule has 2 unspecified atom stereocenters. The number of ketones is 1. The van der Waals surface area contributed by atoms with Crippen LogP contribution in [0.4, 0.5) is 0 Å². The molecule has 5 rings (SSSR count). The quantitative estimate of drug-likeness (QED) is 0.294. The van der Waals surface area contributed by atoms with Gasteiger partial charge in [-0.1, -0.05) is 74.5 Å². The Bertz CT molecular complexity index is 1470. The lowest BCUT2D eigenvalue weighted by molar-refractivity contribution is -0.140. The highest BCUT2D eigenvalue weighted by Crippen LogP contribution is 2.48. The first kappa shape index (κ1) is 28.2. The fraction of sp³-hybridized carbons (Fsp3) is 0.314. The summed E-state index contributed by atoms with van der Waals surface area (Å²) in [6.07, 6.45) is 1.01. The van der Waals surface area contributed by atoms with E-state index in [9.17, 15) is 9.59 Å². The number of methoxy groups -OCH3 is 1. The van der Waals surface area contributed by atoms with E-state index in [4.69, 9.17) is 14.2 Å². The molecule has 1 aliphatic heterocycles. The smallest absolute Gasteiger partial charge is 0.336 e. The van der Waals surface area contributed by atoms with E-state index in [1.165, 1.54) is 0 Å². The van der Waals surface area contributed by atoms with Crippen LogP contribution in [0.5, 0.6) is 11.5 Å². The molecule has 212 valence electrons. The van der Waals surface area contributed by atoms with Gasteiger partial charge in [0, 0.05) is 29.0 Å². The predicted molar refractivity (Wildman–Crippen MR) is 159 cm³/mol. The van der Waals surface area contributed by atoms with Crippen molar-refractivity contribution in [1.82, 2.24) is 5.32 Å². The van der Waals surface area contributed by atoms with E-state index in [-0.39, 0.29) is 17.6 Å². The van der Waals surface area contributed by atoms with Crippen LogP contribution in [-0.2, 0) is 20.9 Å². The average molecular weight is 552 g/mol. The second-order valence-electron chi connectivity index (χ2n) is 11.1. The SMILES string of the molecule is COc1ccc(C2CC(=O)C3=C(C2)NC(C)=C(C(=O)OCC(C)C)C3c2ccccc2OCc2ccccc2)cc1. The summed E-state index contributed by atoms with van der Waals surface area (Å²) in [6, 6.07) is 25.5. The summed E-state index contributed by atoms with van der Waals surface area (Å²) in [5.41, 5.74) is 5.52. The molecule has 0 fully saturated rings. The van der Waals surface area contributed by atoms with Gasteiger partial charge in [0.1, 0.15) is 18.1 Å². The molecule has 1 heterocycles. The van der Waals surface area contributed by atoms with Gasteiger partial charge in [0.05, 0.1) is 25.2 Å². The molecule has 6 heteroatoms. The summed E-state index contributed by atoms with van der Waals surface area (Å²) in [6.45, 7) is 6.56. The number of para-hydroxylation sites is 1. The summed E-state index contributed by atoms with van der Waals surface area (Å²) in [7, 11) is 1.64. The lowest BCUT2D eigenvalue weighted by Crippen LogP contribution is -2.36. The minimum absolute atomic E-state index is 0.0177. The molecule has 2 atom stereocenters.